The predicted octanol–water partition coefficient (Wildman–Crippen LogP) is 3.14. The lowest BCUT2D eigenvalue weighted by Gasteiger charge is -2.36. The fraction of sp³-hybridized carbons (Fsp3) is 0.286. The van der Waals surface area contributed by atoms with Crippen LogP contribution >= 0.6 is 11.7 Å². The number of hydrogen-bond acceptors (Lipinski definition) is 8. The number of piperazine rings is 1. The lowest BCUT2D eigenvalue weighted by Crippen LogP contribution is -2.46. The third-order valence-corrected chi connectivity index (χ3v) is 5.40. The number of carbonyl (C=O) groups excluding carboxylic acids is 1. The Morgan fingerprint density at radius 1 is 0.966 bits per heavy atom. The molecule has 2 aromatic carbocycles. The first-order chi connectivity index (χ1) is 14.2. The summed E-state index contributed by atoms with van der Waals surface area (Å²) in [5.41, 5.74) is 1.80. The van der Waals surface area contributed by atoms with Crippen molar-refractivity contribution in [3.8, 4) is 11.6 Å². The van der Waals surface area contributed by atoms with Gasteiger partial charge < -0.3 is 19.3 Å². The van der Waals surface area contributed by atoms with Crippen molar-refractivity contribution in [2.75, 3.05) is 49.7 Å². The third kappa shape index (κ3) is 4.48. The molecule has 8 heteroatoms. The quantitative estimate of drug-likeness (QED) is 0.554. The number of rotatable bonds is 7. The number of aromatic nitrogens is 2. The lowest BCUT2D eigenvalue weighted by atomic mass is 10.1. The largest absolute Gasteiger partial charge is 0.497 e. The molecule has 0 radical (unpaired) electrons. The van der Waals surface area contributed by atoms with Gasteiger partial charge in [-0.05, 0) is 24.3 Å². The van der Waals surface area contributed by atoms with E-state index >= 15 is 0 Å². The van der Waals surface area contributed by atoms with Crippen molar-refractivity contribution in [2.24, 2.45) is 0 Å². The number of hydrogen-bond donors (Lipinski definition) is 0. The van der Waals surface area contributed by atoms with Gasteiger partial charge in [-0.15, -0.1) is 4.37 Å². The molecule has 0 bridgehead atoms. The predicted molar refractivity (Wildman–Crippen MR) is 114 cm³/mol. The van der Waals surface area contributed by atoms with E-state index in [4.69, 9.17) is 9.47 Å². The molecule has 0 unspecified atom stereocenters. The smallest absolute Gasteiger partial charge is 0.271 e. The summed E-state index contributed by atoms with van der Waals surface area (Å²) in [7, 11) is 1.67. The summed E-state index contributed by atoms with van der Waals surface area (Å²) in [4.78, 5) is 16.8. The van der Waals surface area contributed by atoms with Gasteiger partial charge in [0.2, 0.25) is 5.82 Å². The summed E-state index contributed by atoms with van der Waals surface area (Å²) in [5.74, 6) is 1.92. The minimum Gasteiger partial charge on any atom is -0.497 e. The first-order valence-electron chi connectivity index (χ1n) is 9.42. The summed E-state index contributed by atoms with van der Waals surface area (Å²) >= 11 is 1.10. The zero-order chi connectivity index (χ0) is 20.1. The van der Waals surface area contributed by atoms with E-state index < -0.39 is 0 Å². The second-order valence-electron chi connectivity index (χ2n) is 6.64. The summed E-state index contributed by atoms with van der Waals surface area (Å²) < 4.78 is 19.6. The number of methoxy groups -OCH3 is 1. The van der Waals surface area contributed by atoms with Gasteiger partial charge in [0, 0.05) is 37.4 Å². The summed E-state index contributed by atoms with van der Waals surface area (Å²) in [5, 5.41) is 0. The molecule has 1 aliphatic rings. The van der Waals surface area contributed by atoms with Crippen LogP contribution in [0.5, 0.6) is 11.6 Å². The second kappa shape index (κ2) is 8.91. The SMILES string of the molecule is COc1ccc(N2CCN(c3nsnc3OCC(=O)c3ccccc3)CC2)cc1. The van der Waals surface area contributed by atoms with Crippen molar-refractivity contribution < 1.29 is 14.3 Å². The van der Waals surface area contributed by atoms with Crippen molar-refractivity contribution in [3.05, 3.63) is 60.2 Å². The van der Waals surface area contributed by atoms with Crippen molar-refractivity contribution in [1.82, 2.24) is 8.75 Å². The minimum atomic E-state index is -0.0751. The molecule has 0 atom stereocenters. The summed E-state index contributed by atoms with van der Waals surface area (Å²) in [6.45, 7) is 3.30. The van der Waals surface area contributed by atoms with Gasteiger partial charge in [0.25, 0.3) is 5.88 Å². The maximum Gasteiger partial charge on any atom is 0.271 e. The highest BCUT2D eigenvalue weighted by atomic mass is 32.1. The maximum absolute atomic E-state index is 12.3. The standard InChI is InChI=1S/C21H22N4O3S/c1-27-18-9-7-17(8-10-18)24-11-13-25(14-12-24)20-21(23-29-22-20)28-15-19(26)16-5-3-2-4-6-16/h2-10H,11-15H2,1H3. The number of Topliss-reactive ketones (excluding diaryl/α,β-unsaturated/α-hetero) is 1. The number of nitrogens with zero attached hydrogens (tertiary/aromatic N) is 4. The van der Waals surface area contributed by atoms with Crippen LogP contribution in [0.2, 0.25) is 0 Å². The minimum absolute atomic E-state index is 0.0474. The number of anilines is 2. The van der Waals surface area contributed by atoms with Crippen LogP contribution < -0.4 is 19.3 Å². The van der Waals surface area contributed by atoms with Crippen molar-refractivity contribution in [3.63, 3.8) is 0 Å². The molecule has 1 aromatic heterocycles. The Bertz CT molecular complexity index is 938. The highest BCUT2D eigenvalue weighted by Crippen LogP contribution is 2.28. The molecule has 7 nitrogen and oxygen atoms in total. The Balaban J connectivity index is 1.34. The van der Waals surface area contributed by atoms with E-state index in [9.17, 15) is 4.79 Å². The molecular weight excluding hydrogens is 388 g/mol. The molecule has 0 N–H and O–H groups in total. The number of benzene rings is 2. The Kier molecular flexibility index (Phi) is 5.90. The summed E-state index contributed by atoms with van der Waals surface area (Å²) in [6, 6.07) is 17.2. The van der Waals surface area contributed by atoms with Gasteiger partial charge in [0.05, 0.1) is 18.8 Å². The molecule has 1 saturated heterocycles. The molecule has 1 fully saturated rings. The van der Waals surface area contributed by atoms with E-state index in [2.05, 4.69) is 30.7 Å². The van der Waals surface area contributed by atoms with E-state index in [0.717, 1.165) is 43.7 Å². The molecule has 0 saturated carbocycles. The normalized spacial score (nSPS) is 14.0. The van der Waals surface area contributed by atoms with Gasteiger partial charge in [-0.1, -0.05) is 30.3 Å². The van der Waals surface area contributed by atoms with Gasteiger partial charge in [-0.3, -0.25) is 4.79 Å². The van der Waals surface area contributed by atoms with Crippen molar-refractivity contribution in [1.29, 1.82) is 0 Å². The van der Waals surface area contributed by atoms with Crippen LogP contribution in [0.1, 0.15) is 10.4 Å². The van der Waals surface area contributed by atoms with Gasteiger partial charge in [-0.2, -0.15) is 4.37 Å². The molecule has 0 aliphatic carbocycles. The Morgan fingerprint density at radius 2 is 1.66 bits per heavy atom. The maximum atomic E-state index is 12.3. The second-order valence-corrected chi connectivity index (χ2v) is 7.17. The molecule has 1 aliphatic heterocycles. The average Bonchev–Trinajstić information content (AvgIpc) is 3.27. The molecule has 0 amide bonds. The first kappa shape index (κ1) is 19.2. The molecule has 0 spiro atoms. The summed E-state index contributed by atoms with van der Waals surface area (Å²) in [6.07, 6.45) is 0. The Morgan fingerprint density at radius 3 is 2.34 bits per heavy atom. The zero-order valence-corrected chi connectivity index (χ0v) is 17.0. The highest BCUT2D eigenvalue weighted by molar-refractivity contribution is 6.99. The molecule has 4 rings (SSSR count). The van der Waals surface area contributed by atoms with Crippen molar-refractivity contribution >= 4 is 29.0 Å². The van der Waals surface area contributed by atoms with Crippen LogP contribution in [0.25, 0.3) is 0 Å². The van der Waals surface area contributed by atoms with E-state index in [1.165, 1.54) is 5.69 Å². The van der Waals surface area contributed by atoms with Crippen LogP contribution in [0, 0.1) is 0 Å². The number of ether oxygens (including phenoxy) is 2. The van der Waals surface area contributed by atoms with E-state index in [0.29, 0.717) is 17.3 Å². The average molecular weight is 410 g/mol. The fourth-order valence-electron chi connectivity index (χ4n) is 3.27. The Hall–Kier alpha value is -3.13. The molecule has 29 heavy (non-hydrogen) atoms. The van der Waals surface area contributed by atoms with Crippen LogP contribution in [0.15, 0.2) is 54.6 Å². The topological polar surface area (TPSA) is 67.8 Å². The van der Waals surface area contributed by atoms with E-state index in [1.54, 1.807) is 19.2 Å². The highest BCUT2D eigenvalue weighted by Gasteiger charge is 2.23. The van der Waals surface area contributed by atoms with Crippen LogP contribution in [-0.4, -0.2) is 54.4 Å². The lowest BCUT2D eigenvalue weighted by molar-refractivity contribution is 0.0919. The molecule has 150 valence electrons. The van der Waals surface area contributed by atoms with Gasteiger partial charge >= 0.3 is 0 Å². The molecule has 2 heterocycles. The van der Waals surface area contributed by atoms with Gasteiger partial charge in [0.15, 0.2) is 12.4 Å². The van der Waals surface area contributed by atoms with Gasteiger partial charge in [0.1, 0.15) is 5.75 Å². The van der Waals surface area contributed by atoms with Crippen LogP contribution in [0.4, 0.5) is 11.5 Å². The van der Waals surface area contributed by atoms with E-state index in [-0.39, 0.29) is 12.4 Å². The first-order valence-corrected chi connectivity index (χ1v) is 10.1. The monoisotopic (exact) mass is 410 g/mol. The van der Waals surface area contributed by atoms with Gasteiger partial charge in [-0.25, -0.2) is 0 Å². The van der Waals surface area contributed by atoms with Crippen LogP contribution in [0.3, 0.4) is 0 Å². The molecule has 3 aromatic rings. The van der Waals surface area contributed by atoms with E-state index in [1.807, 2.05) is 30.3 Å². The number of ketones is 1. The van der Waals surface area contributed by atoms with Crippen molar-refractivity contribution in [2.45, 2.75) is 0 Å². The molecular formula is C21H22N4O3S. The Labute approximate surface area is 173 Å². The zero-order valence-electron chi connectivity index (χ0n) is 16.2. The fourth-order valence-corrected chi connectivity index (χ4v) is 3.79. The number of carbonyl (C=O) groups is 1. The van der Waals surface area contributed by atoms with Crippen LogP contribution in [-0.2, 0) is 0 Å². The third-order valence-electron chi connectivity index (χ3n) is 4.89.